The van der Waals surface area contributed by atoms with Crippen molar-refractivity contribution in [3.8, 4) is 17.2 Å². The molecule has 0 fully saturated rings. The number of nitrogens with one attached hydrogen (secondary N) is 1. The molecular formula is C33H41Cl2N3O7S. The molecule has 10 nitrogen and oxygen atoms in total. The van der Waals surface area contributed by atoms with Gasteiger partial charge in [-0.3, -0.25) is 13.9 Å². The summed E-state index contributed by atoms with van der Waals surface area (Å²) in [7, 11) is -1.51. The number of halogens is 2. The van der Waals surface area contributed by atoms with Crippen molar-refractivity contribution >= 4 is 50.7 Å². The highest BCUT2D eigenvalue weighted by Gasteiger charge is 2.34. The summed E-state index contributed by atoms with van der Waals surface area (Å²) in [6.07, 6.45) is 0.971. The molecule has 0 aliphatic rings. The summed E-state index contributed by atoms with van der Waals surface area (Å²) in [6.45, 7) is 7.24. The first kappa shape index (κ1) is 36.8. The van der Waals surface area contributed by atoms with Crippen molar-refractivity contribution in [1.82, 2.24) is 10.2 Å². The predicted octanol–water partition coefficient (Wildman–Crippen LogP) is 6.33. The minimum absolute atomic E-state index is 0.0182. The molecule has 2 amide bonds. The van der Waals surface area contributed by atoms with E-state index in [0.717, 1.165) is 4.31 Å². The molecule has 0 saturated carbocycles. The number of carbonyl (C=O) groups excluding carboxylic acids is 2. The van der Waals surface area contributed by atoms with Crippen LogP contribution in [0, 0.1) is 0 Å². The molecule has 0 heterocycles. The summed E-state index contributed by atoms with van der Waals surface area (Å²) >= 11 is 12.4. The molecule has 0 bridgehead atoms. The van der Waals surface area contributed by atoms with E-state index in [0.29, 0.717) is 35.1 Å². The lowest BCUT2D eigenvalue weighted by atomic mass is 10.1. The number of anilines is 1. The molecule has 3 aromatic rings. The quantitative estimate of drug-likeness (QED) is 0.187. The molecular weight excluding hydrogens is 653 g/mol. The Morgan fingerprint density at radius 2 is 1.54 bits per heavy atom. The van der Waals surface area contributed by atoms with Crippen LogP contribution < -0.4 is 23.8 Å². The highest BCUT2D eigenvalue weighted by atomic mass is 35.5. The van der Waals surface area contributed by atoms with Crippen LogP contribution in [0.2, 0.25) is 10.0 Å². The van der Waals surface area contributed by atoms with Gasteiger partial charge in [-0.05, 0) is 80.8 Å². The van der Waals surface area contributed by atoms with Gasteiger partial charge in [0.05, 0.1) is 41.5 Å². The van der Waals surface area contributed by atoms with Gasteiger partial charge >= 0.3 is 0 Å². The number of methoxy groups -OCH3 is 2. The lowest BCUT2D eigenvalue weighted by Crippen LogP contribution is -2.53. The van der Waals surface area contributed by atoms with Crippen LogP contribution in [0.25, 0.3) is 0 Å². The Morgan fingerprint density at radius 3 is 2.11 bits per heavy atom. The summed E-state index contributed by atoms with van der Waals surface area (Å²) in [6, 6.07) is 14.5. The Balaban J connectivity index is 2.13. The molecule has 46 heavy (non-hydrogen) atoms. The molecule has 0 aliphatic heterocycles. The van der Waals surface area contributed by atoms with Gasteiger partial charge in [0.15, 0.2) is 11.5 Å². The zero-order chi connectivity index (χ0) is 34.0. The minimum Gasteiger partial charge on any atom is -0.494 e. The van der Waals surface area contributed by atoms with Crippen molar-refractivity contribution in [1.29, 1.82) is 0 Å². The van der Waals surface area contributed by atoms with Crippen molar-refractivity contribution in [2.75, 3.05) is 31.7 Å². The molecule has 0 radical (unpaired) electrons. The van der Waals surface area contributed by atoms with E-state index in [4.69, 9.17) is 37.4 Å². The molecule has 1 N–H and O–H groups in total. The van der Waals surface area contributed by atoms with Crippen LogP contribution in [0.3, 0.4) is 0 Å². The monoisotopic (exact) mass is 693 g/mol. The van der Waals surface area contributed by atoms with Gasteiger partial charge in [-0.25, -0.2) is 8.42 Å². The fraction of sp³-hybridized carbons (Fsp3) is 0.394. The van der Waals surface area contributed by atoms with E-state index in [1.54, 1.807) is 49.4 Å². The maximum Gasteiger partial charge on any atom is 0.264 e. The van der Waals surface area contributed by atoms with E-state index in [1.165, 1.54) is 37.3 Å². The third-order valence-electron chi connectivity index (χ3n) is 7.38. The van der Waals surface area contributed by atoms with E-state index in [-0.39, 0.29) is 46.3 Å². The van der Waals surface area contributed by atoms with E-state index < -0.39 is 28.5 Å². The van der Waals surface area contributed by atoms with Gasteiger partial charge in [0.25, 0.3) is 10.0 Å². The number of amides is 2. The molecule has 13 heteroatoms. The first-order chi connectivity index (χ1) is 21.9. The normalized spacial score (nSPS) is 12.5. The number of nitrogens with zero attached hydrogens (tertiary/aromatic N) is 2. The Labute approximate surface area is 281 Å². The topological polar surface area (TPSA) is 114 Å². The van der Waals surface area contributed by atoms with Crippen LogP contribution in [0.5, 0.6) is 17.2 Å². The van der Waals surface area contributed by atoms with Crippen LogP contribution >= 0.6 is 23.2 Å². The van der Waals surface area contributed by atoms with Crippen molar-refractivity contribution in [3.05, 3.63) is 76.3 Å². The molecule has 0 unspecified atom stereocenters. The Kier molecular flexibility index (Phi) is 13.4. The average Bonchev–Trinajstić information content (AvgIpc) is 3.05. The number of carbonyl (C=O) groups is 2. The summed E-state index contributed by atoms with van der Waals surface area (Å²) in [5.41, 5.74) is 0.839. The van der Waals surface area contributed by atoms with Crippen molar-refractivity contribution in [2.45, 2.75) is 64.1 Å². The first-order valence-corrected chi connectivity index (χ1v) is 17.1. The number of hydrogen-bond donors (Lipinski definition) is 1. The summed E-state index contributed by atoms with van der Waals surface area (Å²) in [5, 5.41) is 3.58. The summed E-state index contributed by atoms with van der Waals surface area (Å²) < 4.78 is 45.8. The maximum absolute atomic E-state index is 14.3. The molecule has 3 rings (SSSR count). The van der Waals surface area contributed by atoms with Crippen molar-refractivity contribution in [2.24, 2.45) is 0 Å². The fourth-order valence-electron chi connectivity index (χ4n) is 4.70. The van der Waals surface area contributed by atoms with Gasteiger partial charge in [-0.2, -0.15) is 0 Å². The van der Waals surface area contributed by atoms with Crippen LogP contribution in [0.15, 0.2) is 65.6 Å². The minimum atomic E-state index is -4.36. The summed E-state index contributed by atoms with van der Waals surface area (Å²) in [4.78, 5) is 29.1. The molecule has 0 saturated heterocycles. The van der Waals surface area contributed by atoms with Crippen LogP contribution in [0.4, 0.5) is 5.69 Å². The van der Waals surface area contributed by atoms with Gasteiger partial charge in [0.1, 0.15) is 18.3 Å². The standard InChI is InChI=1S/C33H41Cl2N3O7S/c1-7-22(4)36-33(40)29(8-2)37(20-23-10-16-27(34)28(35)18-23)32(39)21-38(24-11-13-25(14-12-24)45-9-3)46(41,42)26-15-17-30(43-5)31(19-26)44-6/h10-19,22,29H,7-9,20-21H2,1-6H3,(H,36,40)/t22-,29-/m1/s1. The summed E-state index contributed by atoms with van der Waals surface area (Å²) in [5.74, 6) is 0.137. The van der Waals surface area contributed by atoms with E-state index >= 15 is 0 Å². The van der Waals surface area contributed by atoms with Crippen molar-refractivity contribution < 1.29 is 32.2 Å². The van der Waals surface area contributed by atoms with E-state index in [2.05, 4.69) is 5.32 Å². The third kappa shape index (κ3) is 8.98. The maximum atomic E-state index is 14.3. The molecule has 0 aliphatic carbocycles. The number of rotatable bonds is 16. The predicted molar refractivity (Wildman–Crippen MR) is 181 cm³/mol. The Hall–Kier alpha value is -3.67. The molecule has 0 spiro atoms. The molecule has 250 valence electrons. The first-order valence-electron chi connectivity index (χ1n) is 14.9. The van der Waals surface area contributed by atoms with E-state index in [9.17, 15) is 18.0 Å². The SMILES string of the molecule is CCOc1ccc(N(CC(=O)N(Cc2ccc(Cl)c(Cl)c2)[C@H](CC)C(=O)N[C@H](C)CC)S(=O)(=O)c2ccc(OC)c(OC)c2)cc1. The van der Waals surface area contributed by atoms with Crippen LogP contribution in [-0.4, -0.2) is 64.6 Å². The van der Waals surface area contributed by atoms with E-state index in [1.807, 2.05) is 20.8 Å². The molecule has 3 aromatic carbocycles. The fourth-order valence-corrected chi connectivity index (χ4v) is 6.45. The Morgan fingerprint density at radius 1 is 0.870 bits per heavy atom. The van der Waals surface area contributed by atoms with Gasteiger partial charge in [0, 0.05) is 18.7 Å². The highest BCUT2D eigenvalue weighted by molar-refractivity contribution is 7.92. The highest BCUT2D eigenvalue weighted by Crippen LogP contribution is 2.33. The lowest BCUT2D eigenvalue weighted by Gasteiger charge is -2.34. The largest absolute Gasteiger partial charge is 0.494 e. The van der Waals surface area contributed by atoms with Crippen molar-refractivity contribution in [3.63, 3.8) is 0 Å². The number of ether oxygens (including phenoxy) is 3. The second kappa shape index (κ2) is 16.8. The third-order valence-corrected chi connectivity index (χ3v) is 9.89. The number of hydrogen-bond acceptors (Lipinski definition) is 7. The second-order valence-electron chi connectivity index (χ2n) is 10.5. The van der Waals surface area contributed by atoms with Gasteiger partial charge < -0.3 is 24.4 Å². The Bertz CT molecular complexity index is 1600. The lowest BCUT2D eigenvalue weighted by molar-refractivity contribution is -0.140. The number of sulfonamides is 1. The van der Waals surface area contributed by atoms with Gasteiger partial charge in [0.2, 0.25) is 11.8 Å². The van der Waals surface area contributed by atoms with Gasteiger partial charge in [-0.1, -0.05) is 43.1 Å². The van der Waals surface area contributed by atoms with Crippen LogP contribution in [0.1, 0.15) is 46.1 Å². The second-order valence-corrected chi connectivity index (χ2v) is 13.1. The molecule has 0 aromatic heterocycles. The van der Waals surface area contributed by atoms with Crippen LogP contribution in [-0.2, 0) is 26.2 Å². The zero-order valence-corrected chi connectivity index (χ0v) is 29.2. The zero-order valence-electron chi connectivity index (χ0n) is 26.9. The molecule has 2 atom stereocenters. The smallest absolute Gasteiger partial charge is 0.264 e. The average molecular weight is 695 g/mol. The number of benzene rings is 3. The van der Waals surface area contributed by atoms with Gasteiger partial charge in [-0.15, -0.1) is 0 Å².